The monoisotopic (exact) mass is 404 g/mol. The molecule has 0 radical (unpaired) electrons. The molecule has 6 nitrogen and oxygen atoms in total. The molecule has 28 heavy (non-hydrogen) atoms. The van der Waals surface area contributed by atoms with Crippen molar-refractivity contribution in [3.8, 4) is 0 Å². The molecule has 1 saturated carbocycles. The van der Waals surface area contributed by atoms with E-state index >= 15 is 0 Å². The third-order valence-corrected chi connectivity index (χ3v) is 5.20. The Bertz CT molecular complexity index is 380. The van der Waals surface area contributed by atoms with E-state index in [1.54, 1.807) is 7.11 Å². The molecule has 168 valence electrons. The van der Waals surface area contributed by atoms with Crippen molar-refractivity contribution in [2.24, 2.45) is 0 Å². The van der Waals surface area contributed by atoms with E-state index in [2.05, 4.69) is 20.8 Å². The quantitative estimate of drug-likeness (QED) is 0.140. The van der Waals surface area contributed by atoms with Crippen LogP contribution in [0.25, 0.3) is 0 Å². The van der Waals surface area contributed by atoms with Gasteiger partial charge in [-0.2, -0.15) is 4.89 Å². The summed E-state index contributed by atoms with van der Waals surface area (Å²) in [5, 5.41) is 0. The maximum atomic E-state index is 6.36. The van der Waals surface area contributed by atoms with Gasteiger partial charge in [-0.1, -0.05) is 46.5 Å². The van der Waals surface area contributed by atoms with Crippen molar-refractivity contribution in [1.29, 1.82) is 0 Å². The summed E-state index contributed by atoms with van der Waals surface area (Å²) in [6.07, 6.45) is 9.44. The van der Waals surface area contributed by atoms with Crippen LogP contribution in [0.3, 0.4) is 0 Å². The van der Waals surface area contributed by atoms with Gasteiger partial charge in [0.05, 0.1) is 19.8 Å². The Balaban J connectivity index is 3.04. The minimum Gasteiger partial charge on any atom is -0.376 e. The van der Waals surface area contributed by atoms with Crippen LogP contribution >= 0.6 is 0 Å². The number of methoxy groups -OCH3 is 1. The van der Waals surface area contributed by atoms with E-state index in [0.29, 0.717) is 32.8 Å². The highest BCUT2D eigenvalue weighted by Crippen LogP contribution is 2.46. The first-order valence-corrected chi connectivity index (χ1v) is 11.4. The van der Waals surface area contributed by atoms with Gasteiger partial charge in [0.2, 0.25) is 0 Å². The highest BCUT2D eigenvalue weighted by Gasteiger charge is 2.64. The van der Waals surface area contributed by atoms with Gasteiger partial charge in [-0.15, -0.1) is 0 Å². The largest absolute Gasteiger partial charge is 0.376 e. The van der Waals surface area contributed by atoms with Gasteiger partial charge in [-0.3, -0.25) is 0 Å². The van der Waals surface area contributed by atoms with Crippen molar-refractivity contribution >= 4 is 0 Å². The van der Waals surface area contributed by atoms with E-state index in [9.17, 15) is 0 Å². The Morgan fingerprint density at radius 1 is 0.786 bits per heavy atom. The molecule has 0 saturated heterocycles. The Labute approximate surface area is 172 Å². The normalized spacial score (nSPS) is 28.0. The number of unbranched alkanes of at least 4 members (excludes halogenated alkanes) is 4. The lowest BCUT2D eigenvalue weighted by molar-refractivity contribution is -0.523. The summed E-state index contributed by atoms with van der Waals surface area (Å²) in [7, 11) is 1.70. The first-order chi connectivity index (χ1) is 13.7. The molecule has 1 fully saturated rings. The minimum absolute atomic E-state index is 0.280. The van der Waals surface area contributed by atoms with Crippen molar-refractivity contribution in [3.63, 3.8) is 0 Å². The van der Waals surface area contributed by atoms with Crippen LogP contribution in [0.1, 0.15) is 91.9 Å². The lowest BCUT2D eigenvalue weighted by Crippen LogP contribution is -2.69. The van der Waals surface area contributed by atoms with Crippen molar-refractivity contribution in [2.75, 3.05) is 33.5 Å². The van der Waals surface area contributed by atoms with Crippen molar-refractivity contribution in [3.05, 3.63) is 0 Å². The molecule has 0 spiro atoms. The van der Waals surface area contributed by atoms with Gasteiger partial charge >= 0.3 is 0 Å². The highest BCUT2D eigenvalue weighted by molar-refractivity contribution is 4.99. The predicted octanol–water partition coefficient (Wildman–Crippen LogP) is 5.39. The fraction of sp³-hybridized carbons (Fsp3) is 1.00. The van der Waals surface area contributed by atoms with E-state index in [1.165, 1.54) is 12.8 Å². The number of hydrogen-bond donors (Lipinski definition) is 0. The number of rotatable bonds is 17. The Hall–Kier alpha value is -0.240. The minimum atomic E-state index is -1.14. The summed E-state index contributed by atoms with van der Waals surface area (Å²) in [6.45, 7) is 10.5. The molecule has 3 atom stereocenters. The first kappa shape index (κ1) is 25.8. The smallest absolute Gasteiger partial charge is 0.258 e. The van der Waals surface area contributed by atoms with Gasteiger partial charge in [-0.25, -0.2) is 4.89 Å². The van der Waals surface area contributed by atoms with Gasteiger partial charge < -0.3 is 18.9 Å². The lowest BCUT2D eigenvalue weighted by atomic mass is 9.84. The third-order valence-electron chi connectivity index (χ3n) is 5.20. The van der Waals surface area contributed by atoms with Gasteiger partial charge in [0.25, 0.3) is 11.6 Å². The molecular weight excluding hydrogens is 360 g/mol. The summed E-state index contributed by atoms with van der Waals surface area (Å²) < 4.78 is 24.7. The Morgan fingerprint density at radius 2 is 1.57 bits per heavy atom. The second-order valence-corrected chi connectivity index (χ2v) is 7.49. The zero-order valence-electron chi connectivity index (χ0n) is 18.9. The molecule has 0 aromatic rings. The standard InChI is InChI=1S/C22H44O6/c1-6-10-12-13-19-27-28-21(25-18-11-7-2)16-14-15-20(23-5)22(21,24-9-4)26-17-8-3/h20H,6-19H2,1-5H3. The van der Waals surface area contributed by atoms with Crippen LogP contribution < -0.4 is 0 Å². The summed E-state index contributed by atoms with van der Waals surface area (Å²) >= 11 is 0. The van der Waals surface area contributed by atoms with Crippen molar-refractivity contribution in [2.45, 2.75) is 110 Å². The van der Waals surface area contributed by atoms with Crippen LogP contribution in [0, 0.1) is 0 Å². The molecular formula is C22H44O6. The van der Waals surface area contributed by atoms with Gasteiger partial charge in [0, 0.05) is 20.1 Å². The molecule has 1 rings (SSSR count). The van der Waals surface area contributed by atoms with E-state index in [-0.39, 0.29) is 6.10 Å². The summed E-state index contributed by atoms with van der Waals surface area (Å²) in [6, 6.07) is 0. The molecule has 1 aliphatic carbocycles. The second kappa shape index (κ2) is 14.7. The topological polar surface area (TPSA) is 55.4 Å². The Kier molecular flexibility index (Phi) is 13.5. The number of ether oxygens (including phenoxy) is 4. The van der Waals surface area contributed by atoms with Crippen LogP contribution in [0.5, 0.6) is 0 Å². The summed E-state index contributed by atoms with van der Waals surface area (Å²) in [5.41, 5.74) is 0. The van der Waals surface area contributed by atoms with E-state index in [1.807, 2.05) is 6.92 Å². The third kappa shape index (κ3) is 6.92. The molecule has 0 amide bonds. The van der Waals surface area contributed by atoms with Crippen LogP contribution in [-0.2, 0) is 28.7 Å². The van der Waals surface area contributed by atoms with Crippen LogP contribution in [-0.4, -0.2) is 51.2 Å². The van der Waals surface area contributed by atoms with Crippen LogP contribution in [0.15, 0.2) is 0 Å². The predicted molar refractivity (Wildman–Crippen MR) is 110 cm³/mol. The zero-order chi connectivity index (χ0) is 20.7. The fourth-order valence-corrected chi connectivity index (χ4v) is 3.72. The van der Waals surface area contributed by atoms with E-state index < -0.39 is 11.6 Å². The zero-order valence-corrected chi connectivity index (χ0v) is 18.9. The average Bonchev–Trinajstić information content (AvgIpc) is 2.71. The second-order valence-electron chi connectivity index (χ2n) is 7.49. The molecule has 0 bridgehead atoms. The lowest BCUT2D eigenvalue weighted by Gasteiger charge is -2.52. The van der Waals surface area contributed by atoms with Gasteiger partial charge in [0.15, 0.2) is 0 Å². The van der Waals surface area contributed by atoms with Crippen LogP contribution in [0.2, 0.25) is 0 Å². The molecule has 6 heteroatoms. The number of hydrogen-bond acceptors (Lipinski definition) is 6. The highest BCUT2D eigenvalue weighted by atomic mass is 17.2. The molecule has 0 aromatic carbocycles. The summed E-state index contributed by atoms with van der Waals surface area (Å²) in [4.78, 5) is 11.7. The van der Waals surface area contributed by atoms with Gasteiger partial charge in [-0.05, 0) is 39.0 Å². The van der Waals surface area contributed by atoms with Crippen LogP contribution in [0.4, 0.5) is 0 Å². The SMILES string of the molecule is CCCCCCOOC1(OCCCC)CCCC(OC)C1(OCC)OCCC. The van der Waals surface area contributed by atoms with Crippen molar-refractivity contribution < 1.29 is 28.7 Å². The van der Waals surface area contributed by atoms with E-state index in [0.717, 1.165) is 44.9 Å². The summed E-state index contributed by atoms with van der Waals surface area (Å²) in [5.74, 6) is -2.26. The maximum absolute atomic E-state index is 6.36. The molecule has 0 heterocycles. The molecule has 0 N–H and O–H groups in total. The average molecular weight is 405 g/mol. The molecule has 1 aliphatic rings. The molecule has 0 aromatic heterocycles. The van der Waals surface area contributed by atoms with Crippen molar-refractivity contribution in [1.82, 2.24) is 0 Å². The Morgan fingerprint density at radius 3 is 2.21 bits per heavy atom. The maximum Gasteiger partial charge on any atom is 0.258 e. The first-order valence-electron chi connectivity index (χ1n) is 11.4. The molecule has 0 aliphatic heterocycles. The fourth-order valence-electron chi connectivity index (χ4n) is 3.72. The molecule has 3 unspecified atom stereocenters. The van der Waals surface area contributed by atoms with Gasteiger partial charge in [0.1, 0.15) is 6.10 Å². The van der Waals surface area contributed by atoms with E-state index in [4.69, 9.17) is 28.7 Å².